The maximum atomic E-state index is 11.7. The minimum atomic E-state index is -1.36. The number of carbonyl (C=O) groups is 2. The molecule has 2 rings (SSSR count). The maximum absolute atomic E-state index is 11.7. The van der Waals surface area contributed by atoms with Gasteiger partial charge < -0.3 is 20.1 Å². The monoisotopic (exact) mass is 345 g/mol. The van der Waals surface area contributed by atoms with E-state index in [2.05, 4.69) is 5.32 Å². The van der Waals surface area contributed by atoms with Gasteiger partial charge in [-0.1, -0.05) is 30.1 Å². The van der Waals surface area contributed by atoms with Gasteiger partial charge in [0.2, 0.25) is 5.91 Å². The Morgan fingerprint density at radius 1 is 1.50 bits per heavy atom. The smallest absolute Gasteiger partial charge is 0.534 e. The van der Waals surface area contributed by atoms with Gasteiger partial charge in [0, 0.05) is 12.0 Å². The average Bonchev–Trinajstić information content (AvgIpc) is 2.44. The van der Waals surface area contributed by atoms with E-state index >= 15 is 0 Å². The highest BCUT2D eigenvalue weighted by Crippen LogP contribution is 2.39. The van der Waals surface area contributed by atoms with Crippen molar-refractivity contribution in [1.29, 1.82) is 0 Å². The zero-order chi connectivity index (χ0) is 16.4. The largest absolute Gasteiger partial charge is 0.547 e. The van der Waals surface area contributed by atoms with E-state index in [-0.39, 0.29) is 33.7 Å². The summed E-state index contributed by atoms with van der Waals surface area (Å²) < 4.78 is 5.27. The standard InChI is InChI=1S/C13H14BCl2NO5/c1-2-3-10(18)17-9-5-6-11(16)8(15)4-7(13(19)20)12(6)22-14(9)21/h4,9,21H,2-3,5H2,1H3,(H,17,18)(H,19,20)/t9-/m0/s1. The fraction of sp³-hybridized carbons (Fsp3) is 0.385. The third-order valence-electron chi connectivity index (χ3n) is 3.33. The van der Waals surface area contributed by atoms with Crippen LogP contribution in [0.2, 0.25) is 10.0 Å². The van der Waals surface area contributed by atoms with Crippen LogP contribution in [0.1, 0.15) is 35.7 Å². The Balaban J connectivity index is 2.36. The van der Waals surface area contributed by atoms with Crippen molar-refractivity contribution in [1.82, 2.24) is 5.32 Å². The van der Waals surface area contributed by atoms with E-state index < -0.39 is 19.0 Å². The number of carboxylic acids is 1. The van der Waals surface area contributed by atoms with E-state index in [0.717, 1.165) is 0 Å². The number of halogens is 2. The lowest BCUT2D eigenvalue weighted by molar-refractivity contribution is -0.121. The van der Waals surface area contributed by atoms with Crippen molar-refractivity contribution in [2.24, 2.45) is 0 Å². The van der Waals surface area contributed by atoms with Crippen molar-refractivity contribution in [3.8, 4) is 5.75 Å². The molecule has 1 aromatic carbocycles. The molecule has 0 spiro atoms. The molecule has 1 aromatic rings. The zero-order valence-corrected chi connectivity index (χ0v) is 13.2. The fourth-order valence-corrected chi connectivity index (χ4v) is 2.73. The van der Waals surface area contributed by atoms with Gasteiger partial charge in [0.25, 0.3) is 0 Å². The molecule has 0 aliphatic carbocycles. The molecule has 22 heavy (non-hydrogen) atoms. The highest BCUT2D eigenvalue weighted by Gasteiger charge is 2.39. The first-order valence-corrected chi connectivity index (χ1v) is 7.49. The van der Waals surface area contributed by atoms with Crippen molar-refractivity contribution in [2.45, 2.75) is 32.1 Å². The first-order chi connectivity index (χ1) is 10.3. The number of hydrogen-bond donors (Lipinski definition) is 3. The summed E-state index contributed by atoms with van der Waals surface area (Å²) in [7, 11) is -1.36. The predicted octanol–water partition coefficient (Wildman–Crippen LogP) is 1.93. The van der Waals surface area contributed by atoms with Crippen LogP contribution in [-0.2, 0) is 11.2 Å². The minimum absolute atomic E-state index is 0.0182. The SMILES string of the molecule is CCCC(=O)N[C@H]1Cc2c(Cl)c(Cl)cc(C(=O)O)c2OB1O. The number of fused-ring (bicyclic) bond motifs is 1. The van der Waals surface area contributed by atoms with Gasteiger partial charge in [0.05, 0.1) is 16.0 Å². The average molecular weight is 346 g/mol. The molecule has 118 valence electrons. The van der Waals surface area contributed by atoms with Crippen molar-refractivity contribution < 1.29 is 24.4 Å². The third-order valence-corrected chi connectivity index (χ3v) is 4.15. The van der Waals surface area contributed by atoms with E-state index in [4.69, 9.17) is 27.9 Å². The second-order valence-corrected chi connectivity index (χ2v) is 5.75. The molecule has 9 heteroatoms. The molecule has 0 saturated heterocycles. The van der Waals surface area contributed by atoms with Crippen LogP contribution < -0.4 is 9.97 Å². The Kier molecular flexibility index (Phi) is 5.21. The highest BCUT2D eigenvalue weighted by molar-refractivity contribution is 6.48. The molecule has 6 nitrogen and oxygen atoms in total. The number of benzene rings is 1. The van der Waals surface area contributed by atoms with Gasteiger partial charge in [0.15, 0.2) is 0 Å². The van der Waals surface area contributed by atoms with Crippen LogP contribution >= 0.6 is 23.2 Å². The molecule has 0 radical (unpaired) electrons. The lowest BCUT2D eigenvalue weighted by Crippen LogP contribution is -2.53. The quantitative estimate of drug-likeness (QED) is 0.724. The Morgan fingerprint density at radius 3 is 2.77 bits per heavy atom. The molecule has 0 bridgehead atoms. The molecule has 1 amide bonds. The molecule has 0 aromatic heterocycles. The molecule has 3 N–H and O–H groups in total. The van der Waals surface area contributed by atoms with E-state index in [0.29, 0.717) is 18.4 Å². The summed E-state index contributed by atoms with van der Waals surface area (Å²) in [5, 5.41) is 22.1. The maximum Gasteiger partial charge on any atom is 0.547 e. The van der Waals surface area contributed by atoms with E-state index in [1.807, 2.05) is 6.92 Å². The Morgan fingerprint density at radius 2 is 2.18 bits per heavy atom. The third kappa shape index (κ3) is 3.32. The minimum Gasteiger partial charge on any atom is -0.534 e. The van der Waals surface area contributed by atoms with Crippen LogP contribution in [0.3, 0.4) is 0 Å². The van der Waals surface area contributed by atoms with Gasteiger partial charge in [-0.05, 0) is 18.9 Å². The summed E-state index contributed by atoms with van der Waals surface area (Å²) >= 11 is 12.0. The Bertz CT molecular complexity index is 625. The lowest BCUT2D eigenvalue weighted by Gasteiger charge is -2.29. The number of hydrogen-bond acceptors (Lipinski definition) is 4. The highest BCUT2D eigenvalue weighted by atomic mass is 35.5. The van der Waals surface area contributed by atoms with Crippen molar-refractivity contribution in [2.75, 3.05) is 0 Å². The van der Waals surface area contributed by atoms with E-state index in [9.17, 15) is 19.7 Å². The molecular weight excluding hydrogens is 332 g/mol. The lowest BCUT2D eigenvalue weighted by atomic mass is 9.72. The number of aromatic carboxylic acids is 1. The van der Waals surface area contributed by atoms with Gasteiger partial charge in [-0.25, -0.2) is 4.79 Å². The van der Waals surface area contributed by atoms with Gasteiger partial charge in [-0.2, -0.15) is 0 Å². The Hall–Kier alpha value is -1.44. The summed E-state index contributed by atoms with van der Waals surface area (Å²) in [4.78, 5) is 22.9. The van der Waals surface area contributed by atoms with E-state index in [1.165, 1.54) is 6.07 Å². The first kappa shape index (κ1) is 16.9. The molecule has 0 fully saturated rings. The molecule has 1 aliphatic rings. The van der Waals surface area contributed by atoms with Crippen molar-refractivity contribution in [3.63, 3.8) is 0 Å². The fourth-order valence-electron chi connectivity index (χ4n) is 2.29. The summed E-state index contributed by atoms with van der Waals surface area (Å²) in [5.74, 6) is -2.20. The summed E-state index contributed by atoms with van der Waals surface area (Å²) in [5.41, 5.74) is 0.181. The van der Waals surface area contributed by atoms with Gasteiger partial charge >= 0.3 is 13.1 Å². The topological polar surface area (TPSA) is 95.9 Å². The molecule has 0 saturated carbocycles. The first-order valence-electron chi connectivity index (χ1n) is 6.73. The van der Waals surface area contributed by atoms with Gasteiger partial charge in [-0.15, -0.1) is 0 Å². The molecular formula is C13H14BCl2NO5. The number of amides is 1. The van der Waals surface area contributed by atoms with Crippen LogP contribution in [-0.4, -0.2) is 35.1 Å². The summed E-state index contributed by atoms with van der Waals surface area (Å²) in [6, 6.07) is 1.17. The van der Waals surface area contributed by atoms with Crippen molar-refractivity contribution in [3.05, 3.63) is 27.2 Å². The molecule has 1 atom stereocenters. The van der Waals surface area contributed by atoms with Gasteiger partial charge in [-0.3, -0.25) is 4.79 Å². The zero-order valence-electron chi connectivity index (χ0n) is 11.7. The van der Waals surface area contributed by atoms with Gasteiger partial charge in [0.1, 0.15) is 11.3 Å². The predicted molar refractivity (Wildman–Crippen MR) is 82.6 cm³/mol. The van der Waals surface area contributed by atoms with Crippen LogP contribution in [0.25, 0.3) is 0 Å². The summed E-state index contributed by atoms with van der Waals surface area (Å²) in [6.07, 6.45) is 1.12. The molecule has 1 heterocycles. The number of carboxylic acid groups (broad SMARTS) is 1. The second-order valence-electron chi connectivity index (χ2n) is 4.97. The normalized spacial score (nSPS) is 16.7. The molecule has 1 aliphatic heterocycles. The molecule has 0 unspecified atom stereocenters. The summed E-state index contributed by atoms with van der Waals surface area (Å²) in [6.45, 7) is 1.86. The van der Waals surface area contributed by atoms with Crippen molar-refractivity contribution >= 4 is 42.2 Å². The van der Waals surface area contributed by atoms with Crippen LogP contribution in [0, 0.1) is 0 Å². The number of carbonyl (C=O) groups excluding carboxylic acids is 1. The van der Waals surface area contributed by atoms with Crippen LogP contribution in [0.15, 0.2) is 6.07 Å². The number of rotatable bonds is 4. The van der Waals surface area contributed by atoms with E-state index in [1.54, 1.807) is 0 Å². The van der Waals surface area contributed by atoms with Crippen LogP contribution in [0.5, 0.6) is 5.75 Å². The van der Waals surface area contributed by atoms with Crippen LogP contribution in [0.4, 0.5) is 0 Å². The Labute approximate surface area is 137 Å². The second kappa shape index (κ2) is 6.77. The number of nitrogens with one attached hydrogen (secondary N) is 1.